The number of carboxylic acid groups (broad SMARTS) is 4. The summed E-state index contributed by atoms with van der Waals surface area (Å²) in [6.07, 6.45) is -3.02. The van der Waals surface area contributed by atoms with Gasteiger partial charge in [-0.05, 0) is 26.2 Å². The first kappa shape index (κ1) is 29.2. The van der Waals surface area contributed by atoms with Crippen LogP contribution in [-0.2, 0) is 33.6 Å². The summed E-state index contributed by atoms with van der Waals surface area (Å²) in [5.74, 6) is -8.35. The average Bonchev–Trinajstić information content (AvgIpc) is 2.69. The number of nitrogens with one attached hydrogen (secondary N) is 3. The summed E-state index contributed by atoms with van der Waals surface area (Å²) in [4.78, 5) is 80.8. The molecule has 0 aliphatic rings. The maximum Gasteiger partial charge on any atom is 0.326 e. The molecule has 0 bridgehead atoms. The van der Waals surface area contributed by atoms with Gasteiger partial charge in [0.25, 0.3) is 0 Å². The number of carboxylic acids is 4. The van der Waals surface area contributed by atoms with Crippen molar-refractivity contribution in [2.75, 3.05) is 0 Å². The number of carbonyl (C=O) groups excluding carboxylic acids is 3. The first-order valence-electron chi connectivity index (χ1n) is 9.79. The number of nitrogens with two attached hydrogens (primary N) is 1. The minimum atomic E-state index is -1.63. The lowest BCUT2D eigenvalue weighted by atomic mass is 10.1. The zero-order valence-corrected chi connectivity index (χ0v) is 17.8. The van der Waals surface area contributed by atoms with Gasteiger partial charge in [-0.3, -0.25) is 28.8 Å². The van der Waals surface area contributed by atoms with Crippen LogP contribution >= 0.6 is 0 Å². The van der Waals surface area contributed by atoms with Gasteiger partial charge >= 0.3 is 23.9 Å². The fourth-order valence-electron chi connectivity index (χ4n) is 2.45. The van der Waals surface area contributed by atoms with Gasteiger partial charge in [-0.2, -0.15) is 0 Å². The largest absolute Gasteiger partial charge is 0.481 e. The van der Waals surface area contributed by atoms with E-state index in [0.29, 0.717) is 0 Å². The van der Waals surface area contributed by atoms with Gasteiger partial charge in [0.05, 0.1) is 6.04 Å². The van der Waals surface area contributed by atoms with Crippen LogP contribution in [0.2, 0.25) is 0 Å². The third-order valence-electron chi connectivity index (χ3n) is 4.23. The number of hydrogen-bond acceptors (Lipinski definition) is 8. The molecular formula is C18H28N4O11. The third kappa shape index (κ3) is 12.6. The van der Waals surface area contributed by atoms with Gasteiger partial charge in [0.2, 0.25) is 17.7 Å². The Hall–Kier alpha value is -3.75. The Balaban J connectivity index is 5.54. The second-order valence-corrected chi connectivity index (χ2v) is 7.11. The summed E-state index contributed by atoms with van der Waals surface area (Å²) in [6, 6.07) is -5.66. The lowest BCUT2D eigenvalue weighted by Crippen LogP contribution is -2.57. The van der Waals surface area contributed by atoms with Crippen LogP contribution in [0, 0.1) is 0 Å². The molecule has 9 N–H and O–H groups in total. The molecule has 0 rings (SSSR count). The first-order chi connectivity index (χ1) is 15.2. The van der Waals surface area contributed by atoms with Crippen molar-refractivity contribution >= 4 is 41.6 Å². The molecule has 0 saturated carbocycles. The number of hydrogen-bond donors (Lipinski definition) is 8. The van der Waals surface area contributed by atoms with Crippen LogP contribution in [0.1, 0.15) is 45.4 Å². The Labute approximate surface area is 187 Å². The minimum absolute atomic E-state index is 0.372. The van der Waals surface area contributed by atoms with E-state index in [1.165, 1.54) is 6.92 Å². The Morgan fingerprint density at radius 1 is 0.606 bits per heavy atom. The molecule has 3 amide bonds. The first-order valence-corrected chi connectivity index (χ1v) is 9.79. The Morgan fingerprint density at radius 3 is 1.21 bits per heavy atom. The maximum atomic E-state index is 12.6. The van der Waals surface area contributed by atoms with Gasteiger partial charge in [0.1, 0.15) is 18.1 Å². The van der Waals surface area contributed by atoms with Crippen molar-refractivity contribution < 1.29 is 54.0 Å². The van der Waals surface area contributed by atoms with Crippen molar-refractivity contribution in [2.45, 2.75) is 69.6 Å². The molecule has 0 aromatic rings. The second kappa shape index (κ2) is 14.3. The molecule has 186 valence electrons. The van der Waals surface area contributed by atoms with Crippen LogP contribution in [0.3, 0.4) is 0 Å². The van der Waals surface area contributed by atoms with E-state index in [9.17, 15) is 38.7 Å². The fourth-order valence-corrected chi connectivity index (χ4v) is 2.45. The third-order valence-corrected chi connectivity index (χ3v) is 4.23. The second-order valence-electron chi connectivity index (χ2n) is 7.11. The highest BCUT2D eigenvalue weighted by atomic mass is 16.4. The molecule has 0 fully saturated rings. The maximum absolute atomic E-state index is 12.6. The topological polar surface area (TPSA) is 263 Å². The standard InChI is InChI=1S/C18H28N4O11/c1-8(19)15(29)20-9(2-5-12(23)24)16(30)21-10(3-6-13(25)26)17(31)22-11(18(32)33)4-7-14(27)28/h8-11H,2-7,19H2,1H3,(H,20,29)(H,21,30)(H,22,31)(H,23,24)(H,25,26)(H,27,28)(H,32,33)/t8-,9+,10+,11+/m0/s1. The summed E-state index contributed by atoms with van der Waals surface area (Å²) in [5, 5.41) is 42.1. The van der Waals surface area contributed by atoms with Crippen molar-refractivity contribution in [3.63, 3.8) is 0 Å². The molecule has 0 spiro atoms. The van der Waals surface area contributed by atoms with E-state index < -0.39 is 97.9 Å². The van der Waals surface area contributed by atoms with Gasteiger partial charge in [0.15, 0.2) is 0 Å². The summed E-state index contributed by atoms with van der Waals surface area (Å²) < 4.78 is 0. The summed E-state index contributed by atoms with van der Waals surface area (Å²) in [5.41, 5.74) is 5.42. The Kier molecular flexibility index (Phi) is 12.7. The van der Waals surface area contributed by atoms with Crippen LogP contribution in [0.25, 0.3) is 0 Å². The van der Waals surface area contributed by atoms with Crippen molar-refractivity contribution in [2.24, 2.45) is 5.73 Å². The van der Waals surface area contributed by atoms with E-state index in [1.807, 2.05) is 5.32 Å². The highest BCUT2D eigenvalue weighted by molar-refractivity contribution is 5.94. The summed E-state index contributed by atoms with van der Waals surface area (Å²) in [6.45, 7) is 1.31. The molecule has 0 aliphatic carbocycles. The van der Waals surface area contributed by atoms with E-state index in [4.69, 9.17) is 21.1 Å². The molecule has 0 aliphatic heterocycles. The average molecular weight is 476 g/mol. The molecule has 0 aromatic carbocycles. The van der Waals surface area contributed by atoms with Crippen LogP contribution in [-0.4, -0.2) is 86.2 Å². The SMILES string of the molecule is C[C@H](N)C(=O)N[C@H](CCC(=O)O)C(=O)N[C@H](CCC(=O)O)C(=O)N[C@H](CCC(=O)O)C(=O)O. The van der Waals surface area contributed by atoms with Crippen LogP contribution in [0.15, 0.2) is 0 Å². The molecule has 15 heteroatoms. The molecule has 33 heavy (non-hydrogen) atoms. The van der Waals surface area contributed by atoms with E-state index in [2.05, 4.69) is 10.6 Å². The quantitative estimate of drug-likeness (QED) is 0.115. The van der Waals surface area contributed by atoms with Gasteiger partial charge < -0.3 is 42.1 Å². The van der Waals surface area contributed by atoms with E-state index in [0.717, 1.165) is 0 Å². The molecular weight excluding hydrogens is 448 g/mol. The lowest BCUT2D eigenvalue weighted by molar-refractivity contribution is -0.144. The normalized spacial score (nSPS) is 14.1. The van der Waals surface area contributed by atoms with Crippen LogP contribution in [0.5, 0.6) is 0 Å². The van der Waals surface area contributed by atoms with E-state index in [1.54, 1.807) is 0 Å². The monoisotopic (exact) mass is 476 g/mol. The van der Waals surface area contributed by atoms with E-state index >= 15 is 0 Å². The summed E-state index contributed by atoms with van der Waals surface area (Å²) >= 11 is 0. The smallest absolute Gasteiger partial charge is 0.326 e. The number of aliphatic carboxylic acids is 4. The van der Waals surface area contributed by atoms with Gasteiger partial charge in [-0.25, -0.2) is 4.79 Å². The number of carbonyl (C=O) groups is 7. The fraction of sp³-hybridized carbons (Fsp3) is 0.611. The van der Waals surface area contributed by atoms with Crippen molar-refractivity contribution in [1.82, 2.24) is 16.0 Å². The molecule has 0 heterocycles. The molecule has 0 aromatic heterocycles. The molecule has 0 unspecified atom stereocenters. The van der Waals surface area contributed by atoms with Gasteiger partial charge in [0, 0.05) is 19.3 Å². The predicted molar refractivity (Wildman–Crippen MR) is 108 cm³/mol. The lowest BCUT2D eigenvalue weighted by Gasteiger charge is -2.24. The van der Waals surface area contributed by atoms with E-state index in [-0.39, 0.29) is 6.42 Å². The Morgan fingerprint density at radius 2 is 0.909 bits per heavy atom. The molecule has 0 saturated heterocycles. The summed E-state index contributed by atoms with van der Waals surface area (Å²) in [7, 11) is 0. The van der Waals surface area contributed by atoms with Gasteiger partial charge in [-0.1, -0.05) is 0 Å². The zero-order chi connectivity index (χ0) is 25.7. The highest BCUT2D eigenvalue weighted by Crippen LogP contribution is 2.06. The highest BCUT2D eigenvalue weighted by Gasteiger charge is 2.30. The zero-order valence-electron chi connectivity index (χ0n) is 17.8. The van der Waals surface area contributed by atoms with Crippen molar-refractivity contribution in [3.8, 4) is 0 Å². The van der Waals surface area contributed by atoms with Crippen molar-refractivity contribution in [3.05, 3.63) is 0 Å². The molecule has 4 atom stereocenters. The Bertz CT molecular complexity index is 768. The minimum Gasteiger partial charge on any atom is -0.481 e. The number of rotatable bonds is 16. The van der Waals surface area contributed by atoms with Crippen LogP contribution < -0.4 is 21.7 Å². The number of amides is 3. The van der Waals surface area contributed by atoms with Crippen LogP contribution in [0.4, 0.5) is 0 Å². The molecule has 15 nitrogen and oxygen atoms in total. The van der Waals surface area contributed by atoms with Gasteiger partial charge in [-0.15, -0.1) is 0 Å². The van der Waals surface area contributed by atoms with Crippen molar-refractivity contribution in [1.29, 1.82) is 0 Å². The molecule has 0 radical (unpaired) electrons. The predicted octanol–water partition coefficient (Wildman–Crippen LogP) is -2.53.